The lowest BCUT2D eigenvalue weighted by molar-refractivity contribution is 0.143. The second-order valence-electron chi connectivity index (χ2n) is 10.1. The summed E-state index contributed by atoms with van der Waals surface area (Å²) in [5, 5.41) is 0. The van der Waals surface area contributed by atoms with Gasteiger partial charge in [0.25, 0.3) is 0 Å². The van der Waals surface area contributed by atoms with Gasteiger partial charge in [-0.2, -0.15) is 0 Å². The third-order valence-corrected chi connectivity index (χ3v) is 8.38. The average Bonchev–Trinajstić information content (AvgIpc) is 2.51. The van der Waals surface area contributed by atoms with Crippen molar-refractivity contribution in [3.05, 3.63) is 0 Å². The van der Waals surface area contributed by atoms with Gasteiger partial charge >= 0.3 is 0 Å². The molecule has 0 heterocycles. The SMILES string of the molecule is C1CC2CCCC(C1)CC1CCC(CC1)CCC1CC(CC2)C1. The molecule has 0 aromatic heterocycles. The van der Waals surface area contributed by atoms with Crippen molar-refractivity contribution in [3.63, 3.8) is 0 Å². The molecule has 9 rings (SSSR count). The van der Waals surface area contributed by atoms with Crippen molar-refractivity contribution < 1.29 is 0 Å². The lowest BCUT2D eigenvalue weighted by Crippen LogP contribution is -2.25. The van der Waals surface area contributed by atoms with E-state index in [0.717, 1.165) is 35.5 Å². The minimum atomic E-state index is 1.10. The number of hydrogen-bond donors (Lipinski definition) is 0. The predicted molar refractivity (Wildman–Crippen MR) is 99.4 cm³/mol. The van der Waals surface area contributed by atoms with Crippen LogP contribution in [0.5, 0.6) is 0 Å². The van der Waals surface area contributed by atoms with Gasteiger partial charge in [0.1, 0.15) is 0 Å². The molecule has 0 heteroatoms. The zero-order chi connectivity index (χ0) is 15.5. The molecule has 9 aliphatic rings. The van der Waals surface area contributed by atoms with Gasteiger partial charge in [-0.15, -0.1) is 0 Å². The fourth-order valence-electron chi connectivity index (χ4n) is 6.72. The Balaban J connectivity index is 1.37. The van der Waals surface area contributed by atoms with E-state index in [2.05, 4.69) is 0 Å². The van der Waals surface area contributed by atoms with E-state index in [0.29, 0.717) is 0 Å². The molecule has 9 fully saturated rings. The van der Waals surface area contributed by atoms with Gasteiger partial charge in [0.15, 0.2) is 0 Å². The van der Waals surface area contributed by atoms with Crippen LogP contribution in [0.15, 0.2) is 0 Å². The first kappa shape index (κ1) is 16.5. The third-order valence-electron chi connectivity index (χ3n) is 8.38. The molecule has 0 spiro atoms. The zero-order valence-electron chi connectivity index (χ0n) is 15.5. The van der Waals surface area contributed by atoms with Crippen LogP contribution in [0.4, 0.5) is 0 Å². The van der Waals surface area contributed by atoms with Crippen LogP contribution in [0.25, 0.3) is 0 Å². The molecule has 0 aromatic rings. The minimum Gasteiger partial charge on any atom is -0.0528 e. The second-order valence-corrected chi connectivity index (χ2v) is 10.1. The summed E-state index contributed by atoms with van der Waals surface area (Å²) in [6.07, 6.45) is 26.8. The van der Waals surface area contributed by atoms with Crippen molar-refractivity contribution in [3.8, 4) is 0 Å². The smallest absolute Gasteiger partial charge is 0.0409 e. The van der Waals surface area contributed by atoms with E-state index in [1.54, 1.807) is 109 Å². The Morgan fingerprint density at radius 1 is 0.261 bits per heavy atom. The number of rotatable bonds is 0. The summed E-state index contributed by atoms with van der Waals surface area (Å²) in [4.78, 5) is 0. The molecule has 0 nitrogen and oxygen atoms in total. The van der Waals surface area contributed by atoms with Crippen LogP contribution >= 0.6 is 0 Å². The van der Waals surface area contributed by atoms with E-state index in [4.69, 9.17) is 0 Å². The molecule has 0 aromatic carbocycles. The van der Waals surface area contributed by atoms with Crippen molar-refractivity contribution >= 4 is 0 Å². The standard InChI is InChI=1S/C23H40/c1-3-18-4-2-6-20(5-1)15-21-11-7-19(8-12-21)10-14-23-16-22(17-23)13-9-18/h18-23H,1-17H2. The number of hydrogen-bond acceptors (Lipinski definition) is 0. The Bertz CT molecular complexity index is 335. The van der Waals surface area contributed by atoms with Crippen molar-refractivity contribution in [1.29, 1.82) is 0 Å². The van der Waals surface area contributed by atoms with Gasteiger partial charge in [-0.05, 0) is 54.8 Å². The molecule has 132 valence electrons. The van der Waals surface area contributed by atoms with Crippen LogP contribution in [0.2, 0.25) is 0 Å². The largest absolute Gasteiger partial charge is 0.0528 e. The Labute approximate surface area is 145 Å². The minimum absolute atomic E-state index is 1.10. The summed E-state index contributed by atoms with van der Waals surface area (Å²) >= 11 is 0. The van der Waals surface area contributed by atoms with Gasteiger partial charge in [-0.1, -0.05) is 89.9 Å². The van der Waals surface area contributed by atoms with E-state index in [1.807, 2.05) is 0 Å². The van der Waals surface area contributed by atoms with Crippen molar-refractivity contribution in [1.82, 2.24) is 0 Å². The second kappa shape index (κ2) is 7.92. The van der Waals surface area contributed by atoms with Gasteiger partial charge in [-0.3, -0.25) is 0 Å². The molecule has 0 saturated heterocycles. The molecule has 0 N–H and O–H groups in total. The van der Waals surface area contributed by atoms with Crippen molar-refractivity contribution in [2.24, 2.45) is 35.5 Å². The molecular formula is C23H40. The molecule has 0 radical (unpaired) electrons. The first-order valence-corrected chi connectivity index (χ1v) is 11.3. The van der Waals surface area contributed by atoms with Crippen LogP contribution < -0.4 is 0 Å². The highest BCUT2D eigenvalue weighted by atomic mass is 14.4. The summed E-state index contributed by atoms with van der Waals surface area (Å²) in [5.74, 6) is 6.67. The first-order chi connectivity index (χ1) is 11.3. The Kier molecular flexibility index (Phi) is 5.67. The monoisotopic (exact) mass is 316 g/mol. The van der Waals surface area contributed by atoms with Gasteiger partial charge < -0.3 is 0 Å². The molecule has 0 unspecified atom stereocenters. The molecule has 9 saturated carbocycles. The third kappa shape index (κ3) is 4.55. The maximum Gasteiger partial charge on any atom is -0.0409 e. The maximum absolute atomic E-state index is 1.60. The van der Waals surface area contributed by atoms with Crippen LogP contribution in [-0.2, 0) is 0 Å². The van der Waals surface area contributed by atoms with Crippen LogP contribution in [0.3, 0.4) is 0 Å². The summed E-state index contributed by atoms with van der Waals surface area (Å²) < 4.78 is 0. The molecule has 9 aliphatic carbocycles. The quantitative estimate of drug-likeness (QED) is 0.437. The van der Waals surface area contributed by atoms with Crippen molar-refractivity contribution in [2.45, 2.75) is 109 Å². The molecule has 0 aliphatic heterocycles. The zero-order valence-corrected chi connectivity index (χ0v) is 15.5. The maximum atomic E-state index is 1.60. The lowest BCUT2D eigenvalue weighted by Gasteiger charge is -2.37. The Morgan fingerprint density at radius 3 is 1.13 bits per heavy atom. The van der Waals surface area contributed by atoms with Crippen LogP contribution in [-0.4, -0.2) is 0 Å². The van der Waals surface area contributed by atoms with E-state index in [-0.39, 0.29) is 0 Å². The van der Waals surface area contributed by atoms with E-state index >= 15 is 0 Å². The Hall–Kier alpha value is 0. The molecular weight excluding hydrogens is 276 g/mol. The van der Waals surface area contributed by atoms with Crippen molar-refractivity contribution in [2.75, 3.05) is 0 Å². The van der Waals surface area contributed by atoms with Crippen LogP contribution in [0.1, 0.15) is 109 Å². The molecule has 23 heavy (non-hydrogen) atoms. The summed E-state index contributed by atoms with van der Waals surface area (Å²) in [6.45, 7) is 0. The van der Waals surface area contributed by atoms with Gasteiger partial charge in [-0.25, -0.2) is 0 Å². The highest BCUT2D eigenvalue weighted by molar-refractivity contribution is 4.83. The van der Waals surface area contributed by atoms with Gasteiger partial charge in [0, 0.05) is 0 Å². The van der Waals surface area contributed by atoms with Gasteiger partial charge in [0.05, 0.1) is 0 Å². The highest BCUT2D eigenvalue weighted by Crippen LogP contribution is 2.44. The highest BCUT2D eigenvalue weighted by Gasteiger charge is 2.31. The molecule has 6 bridgehead atoms. The van der Waals surface area contributed by atoms with E-state index in [9.17, 15) is 0 Å². The fourth-order valence-corrected chi connectivity index (χ4v) is 6.72. The summed E-state index contributed by atoms with van der Waals surface area (Å²) in [7, 11) is 0. The predicted octanol–water partition coefficient (Wildman–Crippen LogP) is 7.37. The topological polar surface area (TPSA) is 0 Å². The van der Waals surface area contributed by atoms with Crippen LogP contribution in [0, 0.1) is 35.5 Å². The first-order valence-electron chi connectivity index (χ1n) is 11.3. The molecule has 0 amide bonds. The average molecular weight is 317 g/mol. The van der Waals surface area contributed by atoms with Gasteiger partial charge in [0.2, 0.25) is 0 Å². The van der Waals surface area contributed by atoms with E-state index in [1.165, 1.54) is 0 Å². The Morgan fingerprint density at radius 2 is 0.565 bits per heavy atom. The lowest BCUT2D eigenvalue weighted by atomic mass is 9.68. The summed E-state index contributed by atoms with van der Waals surface area (Å²) in [6, 6.07) is 0. The van der Waals surface area contributed by atoms with E-state index < -0.39 is 0 Å². The molecule has 0 atom stereocenters. The summed E-state index contributed by atoms with van der Waals surface area (Å²) in [5.41, 5.74) is 0. The fraction of sp³-hybridized carbons (Fsp3) is 1.00. The normalized spacial score (nSPS) is 45.9.